The lowest BCUT2D eigenvalue weighted by Gasteiger charge is -1.95. The summed E-state index contributed by atoms with van der Waals surface area (Å²) in [5.41, 5.74) is 0. The molecule has 38 valence electrons. The van der Waals surface area contributed by atoms with E-state index < -0.39 is 17.9 Å². The standard InChI is InChI=1S/C3H7BrO2/c4-3(1-5)2-6/h3,5-6H,1-2H2/i1D,2D2,3D. The zero-order valence-corrected chi connectivity index (χ0v) is 4.44. The van der Waals surface area contributed by atoms with Gasteiger partial charge in [0.15, 0.2) is 0 Å². The minimum Gasteiger partial charge on any atom is -0.395 e. The van der Waals surface area contributed by atoms with Crippen molar-refractivity contribution in [2.45, 2.75) is 4.80 Å². The number of aliphatic hydroxyl groups excluding tert-OH is 1. The number of hydrogen-bond donors (Lipinski definition) is 2. The molecule has 2 unspecified atom stereocenters. The molecule has 0 fully saturated rings. The van der Waals surface area contributed by atoms with Gasteiger partial charge in [0.1, 0.15) is 0 Å². The minimum atomic E-state index is -2.94. The van der Waals surface area contributed by atoms with Gasteiger partial charge in [-0.2, -0.15) is 0 Å². The molecule has 0 saturated heterocycles. The molecule has 0 aliphatic heterocycles. The summed E-state index contributed by atoms with van der Waals surface area (Å²) in [5.74, 6) is 0. The molecule has 0 saturated carbocycles. The highest BCUT2D eigenvalue weighted by atomic mass is 79.9. The molecular formula is C3H7BrO2. The van der Waals surface area contributed by atoms with Crippen LogP contribution in [0.2, 0.25) is 0 Å². The molecule has 0 aromatic carbocycles. The lowest BCUT2D eigenvalue weighted by Crippen LogP contribution is -2.07. The third kappa shape index (κ3) is 2.63. The summed E-state index contributed by atoms with van der Waals surface area (Å²) >= 11 is 2.37. The molecule has 0 aliphatic rings. The van der Waals surface area contributed by atoms with Crippen LogP contribution >= 0.6 is 15.9 Å². The number of rotatable bonds is 2. The topological polar surface area (TPSA) is 40.5 Å². The van der Waals surface area contributed by atoms with E-state index in [1.54, 1.807) is 0 Å². The molecule has 0 rings (SSSR count). The molecule has 2 nitrogen and oxygen atoms in total. The maximum atomic E-state index is 8.53. The van der Waals surface area contributed by atoms with Crippen LogP contribution in [0.4, 0.5) is 0 Å². The normalized spacial score (nSPS) is 37.2. The summed E-state index contributed by atoms with van der Waals surface area (Å²) in [5, 5.41) is 17.0. The van der Waals surface area contributed by atoms with Gasteiger partial charge in [-0.3, -0.25) is 0 Å². The first-order chi connectivity index (χ1) is 4.19. The van der Waals surface area contributed by atoms with Gasteiger partial charge in [-0.15, -0.1) is 0 Å². The molecular weight excluding hydrogens is 148 g/mol. The van der Waals surface area contributed by atoms with Crippen molar-refractivity contribution in [2.75, 3.05) is 13.1 Å². The Balaban J connectivity index is 4.40. The molecule has 0 aliphatic carbocycles. The minimum absolute atomic E-state index is 2.03. The largest absolute Gasteiger partial charge is 0.395 e. The lowest BCUT2D eigenvalue weighted by atomic mass is 10.5. The Morgan fingerprint density at radius 2 is 2.50 bits per heavy atom. The molecule has 0 aromatic rings. The highest BCUT2D eigenvalue weighted by Crippen LogP contribution is 1.92. The third-order valence-corrected chi connectivity index (χ3v) is 0.602. The monoisotopic (exact) mass is 158 g/mol. The van der Waals surface area contributed by atoms with Crippen molar-refractivity contribution >= 4 is 15.9 Å². The molecule has 0 radical (unpaired) electrons. The fourth-order valence-corrected chi connectivity index (χ4v) is 0.0289. The van der Waals surface area contributed by atoms with Gasteiger partial charge in [-0.25, -0.2) is 0 Å². The smallest absolute Gasteiger partial charge is 0.0608 e. The molecule has 3 heteroatoms. The van der Waals surface area contributed by atoms with Gasteiger partial charge in [-0.1, -0.05) is 15.9 Å². The van der Waals surface area contributed by atoms with Gasteiger partial charge in [0.2, 0.25) is 0 Å². The Morgan fingerprint density at radius 1 is 2.00 bits per heavy atom. The highest BCUT2D eigenvalue weighted by Gasteiger charge is 1.94. The zero-order chi connectivity index (χ0) is 8.58. The van der Waals surface area contributed by atoms with Crippen LogP contribution in [0.15, 0.2) is 0 Å². The van der Waals surface area contributed by atoms with Crippen molar-refractivity contribution < 1.29 is 15.7 Å². The third-order valence-electron chi connectivity index (χ3n) is 0.220. The van der Waals surface area contributed by atoms with E-state index in [9.17, 15) is 0 Å². The van der Waals surface area contributed by atoms with E-state index in [0.29, 0.717) is 0 Å². The number of hydrogen-bond acceptors (Lipinski definition) is 2. The Labute approximate surface area is 50.5 Å². The fourth-order valence-electron chi connectivity index (χ4n) is 0.0289. The maximum Gasteiger partial charge on any atom is 0.0608 e. The maximum absolute atomic E-state index is 8.53. The van der Waals surface area contributed by atoms with Crippen LogP contribution in [0.25, 0.3) is 0 Å². The van der Waals surface area contributed by atoms with Gasteiger partial charge >= 0.3 is 0 Å². The summed E-state index contributed by atoms with van der Waals surface area (Å²) in [6.07, 6.45) is 0. The van der Waals surface area contributed by atoms with Crippen molar-refractivity contribution in [2.24, 2.45) is 0 Å². The average Bonchev–Trinajstić information content (AvgIpc) is 1.62. The predicted molar refractivity (Wildman–Crippen MR) is 26.9 cm³/mol. The van der Waals surface area contributed by atoms with Crippen LogP contribution in [-0.4, -0.2) is 28.2 Å². The molecule has 2 atom stereocenters. The van der Waals surface area contributed by atoms with E-state index in [-0.39, 0.29) is 0 Å². The number of halogens is 1. The van der Waals surface area contributed by atoms with Crippen LogP contribution < -0.4 is 0 Å². The van der Waals surface area contributed by atoms with Gasteiger partial charge in [0.05, 0.1) is 22.1 Å². The number of alkyl halides is 1. The second-order valence-electron chi connectivity index (χ2n) is 0.589. The van der Waals surface area contributed by atoms with Gasteiger partial charge in [-0.05, 0) is 0 Å². The molecule has 2 N–H and O–H groups in total. The second kappa shape index (κ2) is 3.59. The molecule has 0 bridgehead atoms. The summed E-state index contributed by atoms with van der Waals surface area (Å²) in [7, 11) is 0. The second-order valence-corrected chi connectivity index (χ2v) is 1.44. The molecule has 0 amide bonds. The van der Waals surface area contributed by atoms with Crippen molar-refractivity contribution in [3.8, 4) is 0 Å². The highest BCUT2D eigenvalue weighted by molar-refractivity contribution is 9.09. The van der Waals surface area contributed by atoms with Crippen molar-refractivity contribution in [1.82, 2.24) is 0 Å². The van der Waals surface area contributed by atoms with E-state index in [0.717, 1.165) is 0 Å². The van der Waals surface area contributed by atoms with E-state index in [1.807, 2.05) is 0 Å². The molecule has 0 aromatic heterocycles. The van der Waals surface area contributed by atoms with Crippen molar-refractivity contribution in [1.29, 1.82) is 0 Å². The van der Waals surface area contributed by atoms with Crippen molar-refractivity contribution in [3.05, 3.63) is 0 Å². The van der Waals surface area contributed by atoms with E-state index >= 15 is 0 Å². The average molecular weight is 159 g/mol. The van der Waals surface area contributed by atoms with E-state index in [4.69, 9.17) is 15.7 Å². The first-order valence-electron chi connectivity index (χ1n) is 3.29. The first kappa shape index (κ1) is 2.11. The summed E-state index contributed by atoms with van der Waals surface area (Å²) in [6.45, 7) is -4.97. The first-order valence-corrected chi connectivity index (χ1v) is 2.00. The SMILES string of the molecule is [2H]C(O)C([2H])(Br)C([2H])([2H])O. The van der Waals surface area contributed by atoms with Crippen LogP contribution in [0.1, 0.15) is 5.48 Å². The Hall–Kier alpha value is 0.400. The fraction of sp³-hybridized carbons (Fsp3) is 1.00. The van der Waals surface area contributed by atoms with Crippen LogP contribution in [-0.2, 0) is 0 Å². The quantitative estimate of drug-likeness (QED) is 0.544. The summed E-state index contributed by atoms with van der Waals surface area (Å²) < 4.78 is 26.6. The summed E-state index contributed by atoms with van der Waals surface area (Å²) in [4.78, 5) is -2.39. The Bertz CT molecular complexity index is 120. The lowest BCUT2D eigenvalue weighted by molar-refractivity contribution is 0.231. The van der Waals surface area contributed by atoms with Crippen LogP contribution in [0.5, 0.6) is 0 Å². The zero-order valence-electron chi connectivity index (χ0n) is 6.85. The summed E-state index contributed by atoms with van der Waals surface area (Å²) in [6, 6.07) is 0. The van der Waals surface area contributed by atoms with Crippen LogP contribution in [0, 0.1) is 0 Å². The Kier molecular flexibility index (Phi) is 1.26. The van der Waals surface area contributed by atoms with E-state index in [2.05, 4.69) is 15.9 Å². The van der Waals surface area contributed by atoms with Crippen molar-refractivity contribution in [3.63, 3.8) is 0 Å². The van der Waals surface area contributed by atoms with Gasteiger partial charge in [0.25, 0.3) is 0 Å². The molecule has 0 heterocycles. The van der Waals surface area contributed by atoms with Gasteiger partial charge in [0, 0.05) is 1.37 Å². The van der Waals surface area contributed by atoms with Gasteiger partial charge < -0.3 is 10.2 Å². The number of aliphatic hydroxyl groups is 2. The predicted octanol–water partition coefficient (Wildman–Crippen LogP) is -0.265. The molecule has 6 heavy (non-hydrogen) atoms. The van der Waals surface area contributed by atoms with E-state index in [1.165, 1.54) is 0 Å². The Morgan fingerprint density at radius 3 is 2.50 bits per heavy atom. The molecule has 0 spiro atoms. The van der Waals surface area contributed by atoms with Crippen LogP contribution in [0.3, 0.4) is 0 Å².